The Labute approximate surface area is 62.0 Å². The zero-order valence-corrected chi connectivity index (χ0v) is 6.29. The molecule has 0 aromatic heterocycles. The van der Waals surface area contributed by atoms with Crippen LogP contribution in [0.25, 0.3) is 0 Å². The number of hydrogen-bond donors (Lipinski definition) is 1. The summed E-state index contributed by atoms with van der Waals surface area (Å²) in [6.45, 7) is 2.94. The third-order valence-electron chi connectivity index (χ3n) is 0.675. The molecule has 0 fully saturated rings. The zero-order chi connectivity index (χ0) is 7.98. The predicted octanol–water partition coefficient (Wildman–Crippen LogP) is -0.864. The van der Waals surface area contributed by atoms with Crippen LogP contribution in [0.5, 0.6) is 0 Å². The van der Waals surface area contributed by atoms with Gasteiger partial charge in [0, 0.05) is 0 Å². The average molecular weight is 159 g/mol. The number of hydrogen-bond acceptors (Lipinski definition) is 4. The lowest BCUT2D eigenvalue weighted by molar-refractivity contribution is -0.142. The highest BCUT2D eigenvalue weighted by Crippen LogP contribution is 1.92. The van der Waals surface area contributed by atoms with Crippen molar-refractivity contribution in [3.63, 3.8) is 0 Å². The van der Waals surface area contributed by atoms with Gasteiger partial charge >= 0.3 is 16.5 Å². The molecule has 0 aliphatic rings. The molecule has 5 heteroatoms. The molecule has 0 aromatic rings. The van der Waals surface area contributed by atoms with E-state index in [1.54, 1.807) is 0 Å². The van der Waals surface area contributed by atoms with Gasteiger partial charge in [-0.15, -0.1) is 0 Å². The maximum Gasteiger partial charge on any atom is 0.371 e. The van der Waals surface area contributed by atoms with Gasteiger partial charge in [-0.25, -0.2) is 4.79 Å². The Morgan fingerprint density at radius 1 is 1.70 bits per heavy atom. The van der Waals surface area contributed by atoms with Crippen LogP contribution in [-0.2, 0) is 14.0 Å². The fourth-order valence-corrected chi connectivity index (χ4v) is 0.344. The molecule has 0 heterocycles. The maximum absolute atomic E-state index is 10.5. The van der Waals surface area contributed by atoms with Gasteiger partial charge in [0.1, 0.15) is 6.61 Å². The molecule has 0 spiro atoms. The number of esters is 1. The van der Waals surface area contributed by atoms with Gasteiger partial charge in [0.25, 0.3) is 0 Å². The van der Waals surface area contributed by atoms with Gasteiger partial charge in [0.15, 0.2) is 5.76 Å². The van der Waals surface area contributed by atoms with E-state index in [2.05, 4.69) is 26.2 Å². The molecule has 0 unspecified atom stereocenters. The van der Waals surface area contributed by atoms with Crippen molar-refractivity contribution in [1.82, 2.24) is 0 Å². The first-order valence-electron chi connectivity index (χ1n) is 2.52. The number of carbonyl (C=O) groups is 1. The third kappa shape index (κ3) is 3.26. The van der Waals surface area contributed by atoms with Gasteiger partial charge in [-0.1, -0.05) is 6.58 Å². The fourth-order valence-electron chi connectivity index (χ4n) is 0.261. The van der Waals surface area contributed by atoms with E-state index in [0.717, 1.165) is 0 Å². The normalized spacial score (nSPS) is 8.60. The Hall–Kier alpha value is -0.813. The number of carbonyl (C=O) groups excluding carboxylic acids is 1. The average Bonchev–Trinajstić information content (AvgIpc) is 1.98. The lowest BCUT2D eigenvalue weighted by atomic mass is 10.6. The highest BCUT2D eigenvalue weighted by molar-refractivity contribution is 6.02. The topological polar surface area (TPSA) is 55.8 Å². The molecular weight excluding hydrogens is 152 g/mol. The number of rotatable bonds is 4. The first-order valence-corrected chi connectivity index (χ1v) is 2.93. The van der Waals surface area contributed by atoms with Crippen LogP contribution < -0.4 is 0 Å². The van der Waals surface area contributed by atoms with Crippen LogP contribution in [0.2, 0.25) is 0 Å². The van der Waals surface area contributed by atoms with Crippen molar-refractivity contribution >= 4 is 16.5 Å². The molecule has 10 heavy (non-hydrogen) atoms. The lowest BCUT2D eigenvalue weighted by Crippen LogP contribution is -2.11. The molecule has 4 nitrogen and oxygen atoms in total. The van der Waals surface area contributed by atoms with Crippen molar-refractivity contribution < 1.29 is 19.1 Å². The second-order valence-electron chi connectivity index (χ2n) is 1.38. The van der Waals surface area contributed by atoms with E-state index in [1.165, 1.54) is 0 Å². The van der Waals surface area contributed by atoms with Crippen molar-refractivity contribution in [3.8, 4) is 0 Å². The molecule has 0 rings (SSSR count). The Kier molecular flexibility index (Phi) is 4.60. The summed E-state index contributed by atoms with van der Waals surface area (Å²) < 4.78 is 8.66. The van der Waals surface area contributed by atoms with Gasteiger partial charge in [-0.05, 0) is 0 Å². The predicted molar refractivity (Wildman–Crippen MR) is 34.0 cm³/mol. The Morgan fingerprint density at radius 2 is 2.30 bits per heavy atom. The van der Waals surface area contributed by atoms with Crippen molar-refractivity contribution in [3.05, 3.63) is 12.3 Å². The number of aliphatic hydroxyl groups excluding tert-OH is 1. The van der Waals surface area contributed by atoms with E-state index in [1.807, 2.05) is 0 Å². The van der Waals surface area contributed by atoms with E-state index in [0.29, 0.717) is 0 Å². The Bertz CT molecular complexity index is 134. The molecule has 0 amide bonds. The minimum atomic E-state index is -0.691. The second-order valence-corrected chi connectivity index (χ2v) is 1.59. The van der Waals surface area contributed by atoms with Gasteiger partial charge in [0.05, 0.1) is 6.61 Å². The molecule has 1 N–H and O–H groups in total. The molecule has 0 saturated carbocycles. The lowest BCUT2D eigenvalue weighted by Gasteiger charge is -2.02. The second kappa shape index (κ2) is 5.01. The smallest absolute Gasteiger partial charge is 0.371 e. The summed E-state index contributed by atoms with van der Waals surface area (Å²) in [5.41, 5.74) is 0. The van der Waals surface area contributed by atoms with Gasteiger partial charge in [0.2, 0.25) is 0 Å². The summed E-state index contributed by atoms with van der Waals surface area (Å²) in [7, 11) is 2.59. The van der Waals surface area contributed by atoms with Crippen LogP contribution in [-0.4, -0.2) is 34.8 Å². The van der Waals surface area contributed by atoms with Gasteiger partial charge in [-0.2, -0.15) is 0 Å². The van der Waals surface area contributed by atoms with Crippen LogP contribution in [0.1, 0.15) is 0 Å². The first-order chi connectivity index (χ1) is 4.72. The maximum atomic E-state index is 10.5. The van der Waals surface area contributed by atoms with Crippen LogP contribution in [0.3, 0.4) is 0 Å². The molecule has 0 saturated heterocycles. The van der Waals surface area contributed by atoms with Crippen LogP contribution >= 0.6 is 0 Å². The molecule has 0 aromatic carbocycles. The number of aliphatic hydroxyl groups is 1. The summed E-state index contributed by atoms with van der Waals surface area (Å²) in [6, 6.07) is 0. The molecule has 3 radical (unpaired) electrons. The fraction of sp³-hybridized carbons (Fsp3) is 0.400. The summed E-state index contributed by atoms with van der Waals surface area (Å²) in [5, 5.41) is 8.21. The Morgan fingerprint density at radius 3 is 2.70 bits per heavy atom. The summed E-state index contributed by atoms with van der Waals surface area (Å²) in [6.07, 6.45) is 0. The van der Waals surface area contributed by atoms with E-state index in [9.17, 15) is 4.79 Å². The molecular formula is C5H7O4Si. The standard InChI is InChI=1S/C5H7O4Si/c1-4(9-10)5(7)8-3-2-6/h6H,1-3H2. The van der Waals surface area contributed by atoms with Crippen LogP contribution in [0.15, 0.2) is 12.3 Å². The van der Waals surface area contributed by atoms with Crippen LogP contribution in [0.4, 0.5) is 0 Å². The van der Waals surface area contributed by atoms with E-state index in [-0.39, 0.29) is 19.0 Å². The monoisotopic (exact) mass is 159 g/mol. The summed E-state index contributed by atoms with van der Waals surface area (Å²) in [4.78, 5) is 10.5. The molecule has 0 aliphatic carbocycles. The molecule has 0 atom stereocenters. The molecule has 55 valence electrons. The van der Waals surface area contributed by atoms with Crippen molar-refractivity contribution in [1.29, 1.82) is 0 Å². The third-order valence-corrected chi connectivity index (χ3v) is 0.922. The van der Waals surface area contributed by atoms with Crippen LogP contribution in [0, 0.1) is 0 Å². The van der Waals surface area contributed by atoms with Gasteiger partial charge in [-0.3, -0.25) is 0 Å². The first kappa shape index (κ1) is 9.19. The zero-order valence-electron chi connectivity index (χ0n) is 5.29. The van der Waals surface area contributed by atoms with E-state index >= 15 is 0 Å². The highest BCUT2D eigenvalue weighted by atomic mass is 28.2. The molecule has 0 aliphatic heterocycles. The largest absolute Gasteiger partial charge is 0.536 e. The summed E-state index contributed by atoms with van der Waals surface area (Å²) >= 11 is 0. The Balaban J connectivity index is 3.52. The minimum Gasteiger partial charge on any atom is -0.536 e. The van der Waals surface area contributed by atoms with E-state index in [4.69, 9.17) is 5.11 Å². The molecule has 0 bridgehead atoms. The quantitative estimate of drug-likeness (QED) is 0.251. The minimum absolute atomic E-state index is 0.0482. The van der Waals surface area contributed by atoms with E-state index < -0.39 is 5.97 Å². The van der Waals surface area contributed by atoms with Crippen molar-refractivity contribution in [2.75, 3.05) is 13.2 Å². The SMILES string of the molecule is C=C(O[Si])C(=O)OCCO. The van der Waals surface area contributed by atoms with Gasteiger partial charge < -0.3 is 14.3 Å². The number of ether oxygens (including phenoxy) is 1. The highest BCUT2D eigenvalue weighted by Gasteiger charge is 2.05. The summed E-state index contributed by atoms with van der Waals surface area (Å²) in [5.74, 6) is -0.839. The van der Waals surface area contributed by atoms with Crippen molar-refractivity contribution in [2.45, 2.75) is 0 Å². The van der Waals surface area contributed by atoms with Crippen molar-refractivity contribution in [2.24, 2.45) is 0 Å².